The standard InChI is InChI=1S/H4N2.H3O4P.H2O/c1-2;1-5(2,3)4;/h1-2H2;(H3,1,2,3,4);1H2. The highest BCUT2D eigenvalue weighted by Gasteiger charge is 2.00. The number of phosphoric acid groups is 1. The molecule has 0 heterocycles. The average Bonchev–Trinajstić information content (AvgIpc) is 1.36. The first-order chi connectivity index (χ1) is 3.00. The van der Waals surface area contributed by atoms with Crippen LogP contribution in [0.2, 0.25) is 0 Å². The molecule has 54 valence electrons. The maximum Gasteiger partial charge on any atom is 0.466 e. The van der Waals surface area contributed by atoms with E-state index in [1.807, 2.05) is 0 Å². The van der Waals surface area contributed by atoms with Crippen LogP contribution in [0, 0.1) is 0 Å². The predicted octanol–water partition coefficient (Wildman–Crippen LogP) is -2.93. The van der Waals surface area contributed by atoms with E-state index in [9.17, 15) is 0 Å². The molecule has 0 bridgehead atoms. The van der Waals surface area contributed by atoms with E-state index in [4.69, 9.17) is 19.2 Å². The van der Waals surface area contributed by atoms with Gasteiger partial charge in [-0.05, 0) is 0 Å². The second-order valence-corrected chi connectivity index (χ2v) is 1.54. The van der Waals surface area contributed by atoms with Crippen molar-refractivity contribution < 1.29 is 24.7 Å². The summed E-state index contributed by atoms with van der Waals surface area (Å²) in [5.41, 5.74) is 0. The summed E-state index contributed by atoms with van der Waals surface area (Å²) in [6.45, 7) is 0. The van der Waals surface area contributed by atoms with Crippen LogP contribution in [0.4, 0.5) is 0 Å². The fraction of sp³-hybridized carbons (Fsp3) is 0. The highest BCUT2D eigenvalue weighted by atomic mass is 31.2. The van der Waals surface area contributed by atoms with Crippen LogP contribution in [0.25, 0.3) is 0 Å². The first-order valence-corrected chi connectivity index (χ1v) is 2.68. The van der Waals surface area contributed by atoms with E-state index in [2.05, 4.69) is 11.7 Å². The van der Waals surface area contributed by atoms with Crippen LogP contribution in [0.5, 0.6) is 0 Å². The molecular weight excluding hydrogens is 139 g/mol. The van der Waals surface area contributed by atoms with Gasteiger partial charge in [-0.3, -0.25) is 11.7 Å². The van der Waals surface area contributed by atoms with Gasteiger partial charge in [-0.2, -0.15) is 0 Å². The van der Waals surface area contributed by atoms with Gasteiger partial charge in [-0.25, -0.2) is 4.57 Å². The Morgan fingerprint density at radius 1 is 1.12 bits per heavy atom. The summed E-state index contributed by atoms with van der Waals surface area (Å²) < 4.78 is 8.88. The summed E-state index contributed by atoms with van der Waals surface area (Å²) in [4.78, 5) is 21.6. The molecular formula is H9N2O5P. The van der Waals surface area contributed by atoms with Gasteiger partial charge in [0, 0.05) is 0 Å². The second-order valence-electron chi connectivity index (χ2n) is 0.513. The van der Waals surface area contributed by atoms with Gasteiger partial charge in [-0.1, -0.05) is 0 Å². The van der Waals surface area contributed by atoms with Gasteiger partial charge < -0.3 is 20.2 Å². The first kappa shape index (κ1) is 15.7. The Morgan fingerprint density at radius 3 is 1.12 bits per heavy atom. The Labute approximate surface area is 45.4 Å². The molecule has 7 nitrogen and oxygen atoms in total. The Hall–Kier alpha value is -0.0100. The van der Waals surface area contributed by atoms with E-state index < -0.39 is 7.82 Å². The minimum atomic E-state index is -4.64. The summed E-state index contributed by atoms with van der Waals surface area (Å²) >= 11 is 0. The Kier molecular flexibility index (Phi) is 13.7. The summed E-state index contributed by atoms with van der Waals surface area (Å²) in [5, 5.41) is 0. The lowest BCUT2D eigenvalue weighted by Crippen LogP contribution is -2.02. The average molecular weight is 148 g/mol. The van der Waals surface area contributed by atoms with E-state index in [1.54, 1.807) is 0 Å². The molecule has 0 aromatic heterocycles. The third-order valence-electron chi connectivity index (χ3n) is 0. The van der Waals surface area contributed by atoms with Gasteiger partial charge in [0.15, 0.2) is 0 Å². The number of nitrogens with two attached hydrogens (primary N) is 2. The third kappa shape index (κ3) is 1490000. The molecule has 0 aromatic rings. The quantitative estimate of drug-likeness (QED) is 0.140. The molecule has 9 N–H and O–H groups in total. The van der Waals surface area contributed by atoms with E-state index >= 15 is 0 Å². The van der Waals surface area contributed by atoms with Gasteiger partial charge in [0.2, 0.25) is 0 Å². The molecule has 0 saturated heterocycles. The maximum absolute atomic E-state index is 8.88. The zero-order valence-corrected chi connectivity index (χ0v) is 4.75. The van der Waals surface area contributed by atoms with Crippen molar-refractivity contribution in [1.82, 2.24) is 0 Å². The Bertz CT molecular complexity index is 56.6. The maximum atomic E-state index is 8.88. The van der Waals surface area contributed by atoms with Crippen molar-refractivity contribution in [3.8, 4) is 0 Å². The van der Waals surface area contributed by atoms with Crippen LogP contribution in [0.15, 0.2) is 0 Å². The molecule has 0 aliphatic carbocycles. The van der Waals surface area contributed by atoms with Gasteiger partial charge >= 0.3 is 7.82 Å². The highest BCUT2D eigenvalue weighted by molar-refractivity contribution is 7.45. The number of hydrogen-bond donors (Lipinski definition) is 5. The zero-order chi connectivity index (χ0) is 6.50. The van der Waals surface area contributed by atoms with Crippen molar-refractivity contribution in [2.45, 2.75) is 0 Å². The normalized spacial score (nSPS) is 8.12. The van der Waals surface area contributed by atoms with Crippen LogP contribution in [0.1, 0.15) is 0 Å². The molecule has 0 rings (SSSR count). The molecule has 0 radical (unpaired) electrons. The molecule has 0 saturated carbocycles. The topological polar surface area (TPSA) is 161 Å². The van der Waals surface area contributed by atoms with Gasteiger partial charge in [0.25, 0.3) is 0 Å². The predicted molar refractivity (Wildman–Crippen MR) is 26.3 cm³/mol. The van der Waals surface area contributed by atoms with Crippen molar-refractivity contribution in [1.29, 1.82) is 0 Å². The highest BCUT2D eigenvalue weighted by Crippen LogP contribution is 2.25. The van der Waals surface area contributed by atoms with Gasteiger partial charge in [0.1, 0.15) is 0 Å². The minimum Gasteiger partial charge on any atom is -0.412 e. The van der Waals surface area contributed by atoms with Crippen LogP contribution in [-0.4, -0.2) is 20.2 Å². The van der Waals surface area contributed by atoms with Crippen molar-refractivity contribution >= 4 is 7.82 Å². The Morgan fingerprint density at radius 2 is 1.12 bits per heavy atom. The molecule has 0 aromatic carbocycles. The molecule has 0 fully saturated rings. The lowest BCUT2D eigenvalue weighted by atomic mass is 13.0. The lowest BCUT2D eigenvalue weighted by molar-refractivity contribution is 0.275. The minimum absolute atomic E-state index is 0. The van der Waals surface area contributed by atoms with Crippen LogP contribution in [-0.2, 0) is 4.57 Å². The number of hydrogen-bond acceptors (Lipinski definition) is 3. The van der Waals surface area contributed by atoms with Crippen LogP contribution >= 0.6 is 7.82 Å². The Balaban J connectivity index is -0.0000000750. The van der Waals surface area contributed by atoms with Crippen LogP contribution < -0.4 is 11.7 Å². The van der Waals surface area contributed by atoms with E-state index in [0.717, 1.165) is 0 Å². The molecule has 8 heavy (non-hydrogen) atoms. The first-order valence-electron chi connectivity index (χ1n) is 1.12. The largest absolute Gasteiger partial charge is 0.466 e. The van der Waals surface area contributed by atoms with Crippen molar-refractivity contribution in [3.63, 3.8) is 0 Å². The summed E-state index contributed by atoms with van der Waals surface area (Å²) in [6.07, 6.45) is 0. The lowest BCUT2D eigenvalue weighted by Gasteiger charge is -1.82. The van der Waals surface area contributed by atoms with E-state index in [-0.39, 0.29) is 5.48 Å². The smallest absolute Gasteiger partial charge is 0.412 e. The van der Waals surface area contributed by atoms with Crippen molar-refractivity contribution in [2.75, 3.05) is 0 Å². The molecule has 8 heteroatoms. The molecule has 0 atom stereocenters. The van der Waals surface area contributed by atoms with E-state index in [1.165, 1.54) is 0 Å². The zero-order valence-electron chi connectivity index (χ0n) is 3.85. The van der Waals surface area contributed by atoms with Gasteiger partial charge in [-0.15, -0.1) is 0 Å². The molecule has 0 amide bonds. The fourth-order valence-electron chi connectivity index (χ4n) is 0. The molecule has 0 aliphatic rings. The number of rotatable bonds is 0. The molecule has 0 unspecified atom stereocenters. The summed E-state index contributed by atoms with van der Waals surface area (Å²) in [7, 11) is -4.64. The van der Waals surface area contributed by atoms with Gasteiger partial charge in [0.05, 0.1) is 0 Å². The fourth-order valence-corrected chi connectivity index (χ4v) is 0. The summed E-state index contributed by atoms with van der Waals surface area (Å²) in [6, 6.07) is 0. The van der Waals surface area contributed by atoms with Crippen LogP contribution in [0.3, 0.4) is 0 Å². The van der Waals surface area contributed by atoms with Crippen molar-refractivity contribution in [2.24, 2.45) is 11.7 Å². The number of hydrazine groups is 1. The second kappa shape index (κ2) is 6.99. The van der Waals surface area contributed by atoms with Crippen molar-refractivity contribution in [3.05, 3.63) is 0 Å². The molecule has 0 aliphatic heterocycles. The summed E-state index contributed by atoms with van der Waals surface area (Å²) in [5.74, 6) is 8.00. The van der Waals surface area contributed by atoms with E-state index in [0.29, 0.717) is 0 Å². The SMILES string of the molecule is NN.O.O=P(O)(O)O. The third-order valence-corrected chi connectivity index (χ3v) is 0. The molecule has 0 spiro atoms. The monoisotopic (exact) mass is 148 g/mol.